The first-order valence-corrected chi connectivity index (χ1v) is 11.7. The van der Waals surface area contributed by atoms with Crippen molar-refractivity contribution in [1.29, 1.82) is 0 Å². The van der Waals surface area contributed by atoms with Gasteiger partial charge in [-0.15, -0.1) is 0 Å². The van der Waals surface area contributed by atoms with Gasteiger partial charge in [-0.1, -0.05) is 6.07 Å². The fraction of sp³-hybridized carbons (Fsp3) is 0.696. The Morgan fingerprint density at radius 3 is 2.03 bits per heavy atom. The predicted octanol–water partition coefficient (Wildman–Crippen LogP) is 3.82. The minimum Gasteiger partial charge on any atom is -0.481 e. The number of halogens is 6. The number of hydrogen-bond acceptors (Lipinski definition) is 7. The van der Waals surface area contributed by atoms with Gasteiger partial charge in [0.25, 0.3) is 0 Å². The van der Waals surface area contributed by atoms with Crippen LogP contribution in [0.1, 0.15) is 37.7 Å². The molecule has 1 spiro atoms. The lowest BCUT2D eigenvalue weighted by Crippen LogP contribution is -2.52. The van der Waals surface area contributed by atoms with E-state index in [0.717, 1.165) is 25.5 Å². The number of methoxy groups -OCH3 is 2. The molecule has 9 nitrogen and oxygen atoms in total. The smallest absolute Gasteiger partial charge is 0.481 e. The van der Waals surface area contributed by atoms with Crippen LogP contribution in [0, 0.1) is 0 Å². The molecule has 1 aromatic rings. The lowest BCUT2D eigenvalue weighted by Gasteiger charge is -2.45. The summed E-state index contributed by atoms with van der Waals surface area (Å²) in [7, 11) is 3.50. The first kappa shape index (κ1) is 33.4. The Morgan fingerprint density at radius 1 is 1.00 bits per heavy atom. The number of likely N-dealkylation sites (tertiary alicyclic amines) is 2. The number of carboxylic acids is 2. The van der Waals surface area contributed by atoms with Crippen molar-refractivity contribution in [2.75, 3.05) is 47.0 Å². The second kappa shape index (κ2) is 15.1. The molecule has 3 heterocycles. The molecule has 0 atom stereocenters. The van der Waals surface area contributed by atoms with Crippen molar-refractivity contribution >= 4 is 11.9 Å². The van der Waals surface area contributed by atoms with E-state index in [1.54, 1.807) is 20.4 Å². The number of aromatic nitrogens is 1. The number of carboxylic acid groups (broad SMARTS) is 2. The molecule has 0 amide bonds. The molecule has 15 heteroatoms. The number of nitrogens with zero attached hydrogens (tertiary/aromatic N) is 3. The van der Waals surface area contributed by atoms with Crippen molar-refractivity contribution in [3.8, 4) is 5.88 Å². The molecule has 38 heavy (non-hydrogen) atoms. The van der Waals surface area contributed by atoms with E-state index in [2.05, 4.69) is 20.9 Å². The predicted molar refractivity (Wildman–Crippen MR) is 123 cm³/mol. The Balaban J connectivity index is 0.000000426. The van der Waals surface area contributed by atoms with Gasteiger partial charge in [0.15, 0.2) is 0 Å². The molecule has 0 radical (unpaired) electrons. The maximum Gasteiger partial charge on any atom is 0.490 e. The summed E-state index contributed by atoms with van der Waals surface area (Å²) in [4.78, 5) is 27.4. The van der Waals surface area contributed by atoms with Crippen molar-refractivity contribution < 1.29 is 55.6 Å². The average Bonchev–Trinajstić information content (AvgIpc) is 3.22. The number of hydrogen-bond donors (Lipinski definition) is 2. The van der Waals surface area contributed by atoms with Gasteiger partial charge < -0.3 is 19.7 Å². The highest BCUT2D eigenvalue weighted by atomic mass is 19.4. The second-order valence-corrected chi connectivity index (χ2v) is 8.72. The van der Waals surface area contributed by atoms with Crippen molar-refractivity contribution in [2.24, 2.45) is 0 Å². The quantitative estimate of drug-likeness (QED) is 0.379. The van der Waals surface area contributed by atoms with Crippen molar-refractivity contribution in [3.05, 3.63) is 23.9 Å². The van der Waals surface area contributed by atoms with Gasteiger partial charge in [-0.2, -0.15) is 26.3 Å². The first-order chi connectivity index (χ1) is 17.7. The number of pyridine rings is 1. The lowest BCUT2D eigenvalue weighted by atomic mass is 9.84. The van der Waals surface area contributed by atoms with Gasteiger partial charge in [0, 0.05) is 57.2 Å². The SMILES string of the molecule is COCCCN1CCCC12CCN(Cc1cccnc1OC)CC2.O=C(O)C(F)(F)F.O=C(O)C(F)(F)F. The second-order valence-electron chi connectivity index (χ2n) is 8.72. The van der Waals surface area contributed by atoms with Gasteiger partial charge in [-0.3, -0.25) is 9.80 Å². The van der Waals surface area contributed by atoms with Crippen LogP contribution < -0.4 is 4.74 Å². The largest absolute Gasteiger partial charge is 0.490 e. The molecule has 1 aromatic heterocycles. The monoisotopic (exact) mass is 561 g/mol. The van der Waals surface area contributed by atoms with Gasteiger partial charge in [0.1, 0.15) is 0 Å². The number of ether oxygens (including phenoxy) is 2. The Hall–Kier alpha value is -2.65. The molecular formula is C23H33F6N3O6. The van der Waals surface area contributed by atoms with E-state index in [1.807, 2.05) is 6.07 Å². The fourth-order valence-corrected chi connectivity index (χ4v) is 4.41. The minimum absolute atomic E-state index is 0.448. The van der Waals surface area contributed by atoms with Gasteiger partial charge in [-0.25, -0.2) is 14.6 Å². The maximum atomic E-state index is 10.6. The molecular weight excluding hydrogens is 528 g/mol. The third kappa shape index (κ3) is 11.0. The zero-order chi connectivity index (χ0) is 29.0. The van der Waals surface area contributed by atoms with Crippen LogP contribution in [-0.4, -0.2) is 102 Å². The van der Waals surface area contributed by atoms with E-state index in [4.69, 9.17) is 29.3 Å². The summed E-state index contributed by atoms with van der Waals surface area (Å²) >= 11 is 0. The summed E-state index contributed by atoms with van der Waals surface area (Å²) in [5.74, 6) is -4.75. The van der Waals surface area contributed by atoms with Crippen LogP contribution >= 0.6 is 0 Å². The standard InChI is InChI=1S/C19H31N3O2.2C2HF3O2/c1-23-15-5-12-22-11-4-7-19(22)8-13-21(14-9-19)16-17-6-3-10-20-18(17)24-2;2*3-2(4,5)1(6)7/h3,6,10H,4-5,7-9,11-16H2,1-2H3;2*(H,6,7). The van der Waals surface area contributed by atoms with Crippen LogP contribution in [0.2, 0.25) is 0 Å². The molecule has 0 unspecified atom stereocenters. The summed E-state index contributed by atoms with van der Waals surface area (Å²) in [5, 5.41) is 14.2. The molecule has 0 aliphatic carbocycles. The number of aliphatic carboxylic acids is 2. The highest BCUT2D eigenvalue weighted by Gasteiger charge is 2.42. The van der Waals surface area contributed by atoms with Crippen LogP contribution in [0.5, 0.6) is 5.88 Å². The molecule has 2 N–H and O–H groups in total. The topological polar surface area (TPSA) is 112 Å². The van der Waals surface area contributed by atoms with E-state index < -0.39 is 24.3 Å². The van der Waals surface area contributed by atoms with Crippen LogP contribution in [-0.2, 0) is 20.9 Å². The molecule has 3 rings (SSSR count). The first-order valence-electron chi connectivity index (χ1n) is 11.7. The molecule has 0 aromatic carbocycles. The lowest BCUT2D eigenvalue weighted by molar-refractivity contribution is -0.193. The third-order valence-corrected chi connectivity index (χ3v) is 6.23. The van der Waals surface area contributed by atoms with E-state index in [0.29, 0.717) is 5.54 Å². The normalized spacial score (nSPS) is 17.7. The van der Waals surface area contributed by atoms with Crippen LogP contribution in [0.3, 0.4) is 0 Å². The van der Waals surface area contributed by atoms with Gasteiger partial charge >= 0.3 is 24.3 Å². The minimum atomic E-state index is -5.08. The van der Waals surface area contributed by atoms with Crippen LogP contribution in [0.4, 0.5) is 26.3 Å². The highest BCUT2D eigenvalue weighted by molar-refractivity contribution is 5.73. The number of carbonyl (C=O) groups is 2. The van der Waals surface area contributed by atoms with Gasteiger partial charge in [0.2, 0.25) is 5.88 Å². The van der Waals surface area contributed by atoms with Crippen molar-refractivity contribution in [1.82, 2.24) is 14.8 Å². The molecule has 2 aliphatic rings. The summed E-state index contributed by atoms with van der Waals surface area (Å²) < 4.78 is 74.1. The fourth-order valence-electron chi connectivity index (χ4n) is 4.41. The summed E-state index contributed by atoms with van der Waals surface area (Å²) in [6, 6.07) is 4.13. The Labute approximate surface area is 216 Å². The maximum absolute atomic E-state index is 10.6. The van der Waals surface area contributed by atoms with Crippen molar-refractivity contribution in [3.63, 3.8) is 0 Å². The van der Waals surface area contributed by atoms with Gasteiger partial charge in [-0.05, 0) is 44.7 Å². The summed E-state index contributed by atoms with van der Waals surface area (Å²) in [6.45, 7) is 6.60. The van der Waals surface area contributed by atoms with Crippen LogP contribution in [0.15, 0.2) is 18.3 Å². The molecule has 218 valence electrons. The number of alkyl halides is 6. The molecule has 2 fully saturated rings. The number of piperidine rings is 1. The van der Waals surface area contributed by atoms with E-state index in [1.165, 1.54) is 57.4 Å². The zero-order valence-electron chi connectivity index (χ0n) is 21.1. The highest BCUT2D eigenvalue weighted by Crippen LogP contribution is 2.38. The van der Waals surface area contributed by atoms with Crippen molar-refractivity contribution in [2.45, 2.75) is 56.5 Å². The summed E-state index contributed by atoms with van der Waals surface area (Å²) in [6.07, 6.45) is -1.95. The molecule has 0 bridgehead atoms. The zero-order valence-corrected chi connectivity index (χ0v) is 21.1. The van der Waals surface area contributed by atoms with E-state index in [-0.39, 0.29) is 0 Å². The van der Waals surface area contributed by atoms with E-state index >= 15 is 0 Å². The van der Waals surface area contributed by atoms with E-state index in [9.17, 15) is 26.3 Å². The van der Waals surface area contributed by atoms with Crippen LogP contribution in [0.25, 0.3) is 0 Å². The Morgan fingerprint density at radius 2 is 1.55 bits per heavy atom. The Bertz CT molecular complexity index is 852. The molecule has 0 saturated carbocycles. The Kier molecular flexibility index (Phi) is 13.2. The summed E-state index contributed by atoms with van der Waals surface area (Å²) in [5.41, 5.74) is 1.64. The number of rotatable bonds is 7. The van der Waals surface area contributed by atoms with Gasteiger partial charge in [0.05, 0.1) is 7.11 Å². The molecule has 2 aliphatic heterocycles. The third-order valence-electron chi connectivity index (χ3n) is 6.23. The average molecular weight is 562 g/mol. The molecule has 2 saturated heterocycles.